The van der Waals surface area contributed by atoms with Crippen LogP contribution >= 0.6 is 0 Å². The van der Waals surface area contributed by atoms with Gasteiger partial charge in [0.15, 0.2) is 5.78 Å². The molecule has 7 nitrogen and oxygen atoms in total. The van der Waals surface area contributed by atoms with Crippen molar-refractivity contribution in [1.29, 1.82) is 0 Å². The summed E-state index contributed by atoms with van der Waals surface area (Å²) in [6, 6.07) is 7.40. The van der Waals surface area contributed by atoms with Gasteiger partial charge in [-0.25, -0.2) is 8.42 Å². The van der Waals surface area contributed by atoms with Crippen molar-refractivity contribution in [2.24, 2.45) is 56.7 Å². The van der Waals surface area contributed by atoms with Crippen molar-refractivity contribution in [1.82, 2.24) is 4.31 Å². The first-order chi connectivity index (χ1) is 23.6. The fraction of sp³-hybridized carbons (Fsp3) is 0.738. The second-order valence-electron chi connectivity index (χ2n) is 19.3. The highest BCUT2D eigenvalue weighted by atomic mass is 32.2. The molecular formula is C42H57NO6S. The number of nitrogens with zero attached hydrogens (tertiary/aromatic N) is 1. The second-order valence-corrected chi connectivity index (χ2v) is 21.3. The smallest absolute Gasteiger partial charge is 0.211 e. The summed E-state index contributed by atoms with van der Waals surface area (Å²) in [4.78, 5) is 14.9. The fourth-order valence-electron chi connectivity index (χ4n) is 14.9. The van der Waals surface area contributed by atoms with Crippen LogP contribution in [0.3, 0.4) is 0 Å². The first-order valence-electron chi connectivity index (χ1n) is 19.6. The lowest BCUT2D eigenvalue weighted by atomic mass is 9.32. The summed E-state index contributed by atoms with van der Waals surface area (Å²) in [6.07, 6.45) is 20.3. The number of hydrogen-bond donors (Lipinski definition) is 2. The Morgan fingerprint density at radius 1 is 0.860 bits per heavy atom. The number of hydrogen-bond acceptors (Lipinski definition) is 6. The number of aliphatic hydroxyl groups is 2. The van der Waals surface area contributed by atoms with E-state index in [9.17, 15) is 23.4 Å². The third-order valence-electron chi connectivity index (χ3n) is 16.9. The largest absolute Gasteiger partial charge is 0.497 e. The highest BCUT2D eigenvalue weighted by molar-refractivity contribution is 7.88. The van der Waals surface area contributed by atoms with Gasteiger partial charge in [0.05, 0.1) is 25.1 Å². The number of Topliss-reactive ketones (excluding diaryl/α,β-unsaturated/α-hetero) is 1. The standard InChI is InChI=1S/C42H57NO6S/c1-37-12-9-31(44)23-40(37)15-16-42(33(24-40)36(45)30-5-7-32(49-3)8-6-30)34(37)10-13-38(2)35(42)11-14-41(38,46)26-43(50(4,47)48)25-39-20-27-17-28(21-39)19-29(18-27)22-39/h5-8,15-16,24,27-29,31,34-35,44,46H,9-14,17-23,25-26H2,1-4H3. The van der Waals surface area contributed by atoms with Crippen LogP contribution in [0.2, 0.25) is 0 Å². The van der Waals surface area contributed by atoms with Crippen LogP contribution in [0.15, 0.2) is 48.1 Å². The zero-order valence-corrected chi connectivity index (χ0v) is 31.3. The van der Waals surface area contributed by atoms with E-state index in [0.29, 0.717) is 30.7 Å². The van der Waals surface area contributed by atoms with Crippen LogP contribution in [0, 0.1) is 56.7 Å². The van der Waals surface area contributed by atoms with Gasteiger partial charge in [0.1, 0.15) is 5.75 Å². The molecule has 10 aliphatic carbocycles. The first kappa shape index (κ1) is 33.8. The fourth-order valence-corrected chi connectivity index (χ4v) is 15.9. The van der Waals surface area contributed by atoms with Gasteiger partial charge in [-0.05, 0) is 148 Å². The Morgan fingerprint density at radius 2 is 1.46 bits per heavy atom. The molecule has 272 valence electrons. The highest BCUT2D eigenvalue weighted by Gasteiger charge is 2.74. The van der Waals surface area contributed by atoms with Gasteiger partial charge in [-0.1, -0.05) is 32.1 Å². The number of aliphatic hydroxyl groups excluding tert-OH is 1. The number of ether oxygens (including phenoxy) is 1. The van der Waals surface area contributed by atoms with Crippen molar-refractivity contribution in [3.05, 3.63) is 53.6 Å². The third kappa shape index (κ3) is 4.49. The highest BCUT2D eigenvalue weighted by Crippen LogP contribution is 2.78. The van der Waals surface area contributed by atoms with Crippen LogP contribution in [0.25, 0.3) is 0 Å². The molecule has 7 fully saturated rings. The monoisotopic (exact) mass is 703 g/mol. The van der Waals surface area contributed by atoms with E-state index in [-0.39, 0.29) is 35.0 Å². The summed E-state index contributed by atoms with van der Waals surface area (Å²) in [5.74, 6) is 3.05. The number of allylic oxidation sites excluding steroid dienone is 4. The maximum atomic E-state index is 14.9. The number of methoxy groups -OCH3 is 1. The van der Waals surface area contributed by atoms with Crippen LogP contribution in [-0.4, -0.2) is 66.9 Å². The van der Waals surface area contributed by atoms with E-state index in [0.717, 1.165) is 74.7 Å². The molecule has 11 rings (SSSR count). The number of benzene rings is 1. The van der Waals surface area contributed by atoms with Crippen molar-refractivity contribution in [2.75, 3.05) is 26.5 Å². The molecule has 0 amide bonds. The van der Waals surface area contributed by atoms with Gasteiger partial charge in [0.25, 0.3) is 0 Å². The topological polar surface area (TPSA) is 104 Å². The molecule has 1 aromatic rings. The molecule has 50 heavy (non-hydrogen) atoms. The van der Waals surface area contributed by atoms with Crippen LogP contribution < -0.4 is 4.74 Å². The Kier molecular flexibility index (Phi) is 7.30. The molecule has 8 unspecified atom stereocenters. The minimum atomic E-state index is -3.57. The molecule has 0 radical (unpaired) electrons. The van der Waals surface area contributed by atoms with Crippen LogP contribution in [0.5, 0.6) is 5.75 Å². The van der Waals surface area contributed by atoms with E-state index in [1.54, 1.807) is 11.4 Å². The first-order valence-corrected chi connectivity index (χ1v) is 21.4. The predicted octanol–water partition coefficient (Wildman–Crippen LogP) is 6.95. The van der Waals surface area contributed by atoms with E-state index in [2.05, 4.69) is 32.1 Å². The van der Waals surface area contributed by atoms with Crippen LogP contribution in [0.4, 0.5) is 0 Å². The van der Waals surface area contributed by atoms with Gasteiger partial charge in [0.2, 0.25) is 10.0 Å². The molecule has 8 heteroatoms. The van der Waals surface area contributed by atoms with Gasteiger partial charge in [-0.2, -0.15) is 4.31 Å². The Labute approximate surface area is 299 Å². The molecule has 10 aliphatic rings. The number of carbonyl (C=O) groups is 1. The molecule has 0 aromatic heterocycles. The molecule has 7 saturated carbocycles. The lowest BCUT2D eigenvalue weighted by Crippen LogP contribution is -2.67. The van der Waals surface area contributed by atoms with E-state index in [1.807, 2.05) is 24.3 Å². The minimum Gasteiger partial charge on any atom is -0.497 e. The Balaban J connectivity index is 1.10. The van der Waals surface area contributed by atoms with Gasteiger partial charge in [0, 0.05) is 40.5 Å². The molecule has 1 aromatic carbocycles. The predicted molar refractivity (Wildman–Crippen MR) is 193 cm³/mol. The number of ketones is 1. The Morgan fingerprint density at radius 3 is 2.08 bits per heavy atom. The summed E-state index contributed by atoms with van der Waals surface area (Å²) >= 11 is 0. The summed E-state index contributed by atoms with van der Waals surface area (Å²) < 4.78 is 34.5. The molecule has 0 aliphatic heterocycles. The quantitative estimate of drug-likeness (QED) is 0.225. The molecule has 6 bridgehead atoms. The van der Waals surface area contributed by atoms with Crippen molar-refractivity contribution in [3.63, 3.8) is 0 Å². The molecular weight excluding hydrogens is 647 g/mol. The molecule has 0 saturated heterocycles. The van der Waals surface area contributed by atoms with Crippen molar-refractivity contribution in [3.8, 4) is 5.75 Å². The van der Waals surface area contributed by atoms with Gasteiger partial charge in [-0.3, -0.25) is 4.79 Å². The normalized spacial score (nSPS) is 48.3. The zero-order chi connectivity index (χ0) is 35.1. The van der Waals surface area contributed by atoms with Gasteiger partial charge < -0.3 is 14.9 Å². The summed E-state index contributed by atoms with van der Waals surface area (Å²) in [5, 5.41) is 24.1. The second kappa shape index (κ2) is 10.8. The minimum absolute atomic E-state index is 0.0164. The Bertz CT molecular complexity index is 1730. The molecule has 2 spiro atoms. The van der Waals surface area contributed by atoms with Crippen LogP contribution in [0.1, 0.15) is 108 Å². The number of fused-ring (bicyclic) bond motifs is 1. The van der Waals surface area contributed by atoms with Crippen molar-refractivity contribution >= 4 is 15.8 Å². The third-order valence-corrected chi connectivity index (χ3v) is 18.1. The average Bonchev–Trinajstić information content (AvgIpc) is 3.33. The van der Waals surface area contributed by atoms with E-state index >= 15 is 0 Å². The SMILES string of the molecule is COc1ccc(C(=O)C2=CC34C=CC25C(CCC2(C)C5CCC2(O)CN(CC25CC6CC(CC(C6)C2)C5)S(C)(=O)=O)C3(C)CCC(O)C4)cc1. The average molecular weight is 704 g/mol. The molecule has 2 N–H and O–H groups in total. The van der Waals surface area contributed by atoms with Crippen LogP contribution in [-0.2, 0) is 10.0 Å². The van der Waals surface area contributed by atoms with Crippen molar-refractivity contribution in [2.45, 2.75) is 109 Å². The molecule has 8 atom stereocenters. The number of rotatable bonds is 8. The summed E-state index contributed by atoms with van der Waals surface area (Å²) in [5.41, 5.74) is -1.42. The summed E-state index contributed by atoms with van der Waals surface area (Å²) in [7, 11) is -1.95. The van der Waals surface area contributed by atoms with Gasteiger partial charge >= 0.3 is 0 Å². The molecule has 0 heterocycles. The number of sulfonamides is 1. The maximum absolute atomic E-state index is 14.9. The van der Waals surface area contributed by atoms with E-state index < -0.39 is 38.0 Å². The summed E-state index contributed by atoms with van der Waals surface area (Å²) in [6.45, 7) is 5.27. The zero-order valence-electron chi connectivity index (χ0n) is 30.5. The lowest BCUT2D eigenvalue weighted by molar-refractivity contribution is -0.175. The van der Waals surface area contributed by atoms with Gasteiger partial charge in [-0.15, -0.1) is 0 Å². The number of carbonyl (C=O) groups excluding carboxylic acids is 1. The van der Waals surface area contributed by atoms with Crippen molar-refractivity contribution < 1.29 is 28.2 Å². The van der Waals surface area contributed by atoms with E-state index in [4.69, 9.17) is 4.74 Å². The van der Waals surface area contributed by atoms with E-state index in [1.165, 1.54) is 25.5 Å². The maximum Gasteiger partial charge on any atom is 0.211 e. The lowest BCUT2D eigenvalue weighted by Gasteiger charge is -2.71. The Hall–Kier alpha value is -2.00.